The van der Waals surface area contributed by atoms with Crippen LogP contribution < -0.4 is 10.6 Å². The maximum Gasteiger partial charge on any atom is 0.303 e. The van der Waals surface area contributed by atoms with E-state index in [0.29, 0.717) is 29.6 Å². The van der Waals surface area contributed by atoms with Crippen LogP contribution in [0.4, 0.5) is 30.5 Å². The van der Waals surface area contributed by atoms with Crippen LogP contribution in [0.1, 0.15) is 25.4 Å². The molecule has 0 aromatic carbocycles. The predicted octanol–water partition coefficient (Wildman–Crippen LogP) is 4.19. The lowest BCUT2D eigenvalue weighted by atomic mass is 10.1. The van der Waals surface area contributed by atoms with E-state index in [1.807, 2.05) is 0 Å². The Kier molecular flexibility index (Phi) is 5.44. The van der Waals surface area contributed by atoms with Crippen LogP contribution in [0.5, 0.6) is 0 Å². The Morgan fingerprint density at radius 1 is 1.07 bits per heavy atom. The summed E-state index contributed by atoms with van der Waals surface area (Å²) in [6.07, 6.45) is 2.47. The zero-order valence-corrected chi connectivity index (χ0v) is 15.8. The molecule has 2 N–H and O–H groups in total. The number of hydrogen-bond acceptors (Lipinski definition) is 6. The third-order valence-electron chi connectivity index (χ3n) is 3.72. The topological polar surface area (TPSA) is 92.7 Å². The third-order valence-corrected chi connectivity index (χ3v) is 3.72. The Balaban J connectivity index is 2.07. The number of rotatable bonds is 5. The van der Waals surface area contributed by atoms with Gasteiger partial charge in [0.2, 0.25) is 11.7 Å². The van der Waals surface area contributed by atoms with Gasteiger partial charge in [0, 0.05) is 43.4 Å². The second-order valence-electron chi connectivity index (χ2n) is 6.39. The minimum absolute atomic E-state index is 0.123. The summed E-state index contributed by atoms with van der Waals surface area (Å²) in [5.41, 5.74) is 1.57. The van der Waals surface area contributed by atoms with E-state index in [9.17, 15) is 18.0 Å². The number of halogens is 3. The molecule has 0 aliphatic carbocycles. The molecule has 0 aliphatic rings. The molecular weight excluding hydrogens is 385 g/mol. The van der Waals surface area contributed by atoms with Gasteiger partial charge in [0.1, 0.15) is 17.5 Å². The van der Waals surface area contributed by atoms with Gasteiger partial charge in [-0.05, 0) is 19.1 Å². The first-order chi connectivity index (χ1) is 13.6. The average Bonchev–Trinajstić information content (AvgIpc) is 2.61. The second-order valence-corrected chi connectivity index (χ2v) is 6.39. The van der Waals surface area contributed by atoms with Crippen LogP contribution in [0.15, 0.2) is 36.7 Å². The fourth-order valence-corrected chi connectivity index (χ4v) is 2.51. The van der Waals surface area contributed by atoms with Crippen molar-refractivity contribution in [1.29, 1.82) is 0 Å². The SMILES string of the molecule is CC(=O)Nc1cc(Nc2cc(C)nc(C(C)(F)F)n2)c(-c2ccc(F)cn2)cn1. The minimum Gasteiger partial charge on any atom is -0.339 e. The first kappa shape index (κ1) is 20.2. The lowest BCUT2D eigenvalue weighted by molar-refractivity contribution is -0.114. The van der Waals surface area contributed by atoms with Gasteiger partial charge in [-0.2, -0.15) is 8.78 Å². The van der Waals surface area contributed by atoms with Crippen LogP contribution in [-0.2, 0) is 10.7 Å². The second kappa shape index (κ2) is 7.82. The third kappa shape index (κ3) is 5.03. The number of carbonyl (C=O) groups excluding carboxylic acids is 1. The number of nitrogens with one attached hydrogen (secondary N) is 2. The maximum absolute atomic E-state index is 13.7. The van der Waals surface area contributed by atoms with Gasteiger partial charge in [0.25, 0.3) is 0 Å². The monoisotopic (exact) mass is 402 g/mol. The van der Waals surface area contributed by atoms with Gasteiger partial charge in [-0.3, -0.25) is 9.78 Å². The highest BCUT2D eigenvalue weighted by Crippen LogP contribution is 2.31. The Morgan fingerprint density at radius 2 is 1.83 bits per heavy atom. The molecule has 0 aliphatic heterocycles. The van der Waals surface area contributed by atoms with Crippen molar-refractivity contribution >= 4 is 23.2 Å². The van der Waals surface area contributed by atoms with E-state index < -0.39 is 17.6 Å². The number of aromatic nitrogens is 4. The minimum atomic E-state index is -3.22. The highest BCUT2D eigenvalue weighted by Gasteiger charge is 2.29. The molecule has 10 heteroatoms. The van der Waals surface area contributed by atoms with Crippen molar-refractivity contribution < 1.29 is 18.0 Å². The number of hydrogen-bond donors (Lipinski definition) is 2. The van der Waals surface area contributed by atoms with Gasteiger partial charge in [-0.1, -0.05) is 0 Å². The quantitative estimate of drug-likeness (QED) is 0.665. The number of alkyl halides is 2. The summed E-state index contributed by atoms with van der Waals surface area (Å²) in [6.45, 7) is 3.61. The zero-order valence-electron chi connectivity index (χ0n) is 15.8. The summed E-state index contributed by atoms with van der Waals surface area (Å²) in [6, 6.07) is 5.68. The predicted molar refractivity (Wildman–Crippen MR) is 101 cm³/mol. The Hall–Kier alpha value is -3.56. The molecule has 29 heavy (non-hydrogen) atoms. The summed E-state index contributed by atoms with van der Waals surface area (Å²) in [5, 5.41) is 5.49. The van der Waals surface area contributed by atoms with Crippen LogP contribution >= 0.6 is 0 Å². The molecule has 0 unspecified atom stereocenters. The highest BCUT2D eigenvalue weighted by molar-refractivity contribution is 5.89. The molecule has 3 heterocycles. The van der Waals surface area contributed by atoms with Gasteiger partial charge in [-0.15, -0.1) is 0 Å². The van der Waals surface area contributed by atoms with Crippen LogP contribution in [-0.4, -0.2) is 25.8 Å². The summed E-state index contributed by atoms with van der Waals surface area (Å²) < 4.78 is 40.6. The molecule has 0 radical (unpaired) electrons. The highest BCUT2D eigenvalue weighted by atomic mass is 19.3. The Morgan fingerprint density at radius 3 is 2.45 bits per heavy atom. The fraction of sp³-hybridized carbons (Fsp3) is 0.211. The largest absolute Gasteiger partial charge is 0.339 e. The molecular formula is C19H17F3N6O. The normalized spacial score (nSPS) is 11.2. The van der Waals surface area contributed by atoms with E-state index in [1.165, 1.54) is 37.4 Å². The van der Waals surface area contributed by atoms with Gasteiger partial charge < -0.3 is 10.6 Å². The lowest BCUT2D eigenvalue weighted by Gasteiger charge is -2.15. The summed E-state index contributed by atoms with van der Waals surface area (Å²) >= 11 is 0. The first-order valence-electron chi connectivity index (χ1n) is 8.52. The zero-order chi connectivity index (χ0) is 21.2. The van der Waals surface area contributed by atoms with Gasteiger partial charge in [0.15, 0.2) is 0 Å². The molecule has 3 aromatic rings. The fourth-order valence-electron chi connectivity index (χ4n) is 2.51. The number of anilines is 3. The van der Waals surface area contributed by atoms with Crippen molar-refractivity contribution in [1.82, 2.24) is 19.9 Å². The summed E-state index contributed by atoms with van der Waals surface area (Å²) in [4.78, 5) is 27.2. The van der Waals surface area contributed by atoms with Crippen molar-refractivity contribution in [2.24, 2.45) is 0 Å². The number of nitrogens with zero attached hydrogens (tertiary/aromatic N) is 4. The number of aryl methyl sites for hydroxylation is 1. The molecule has 0 fully saturated rings. The van der Waals surface area contributed by atoms with Crippen molar-refractivity contribution in [2.75, 3.05) is 10.6 Å². The molecule has 0 spiro atoms. The standard InChI is InChI=1S/C19H17F3N6O/c1-10-6-17(28-18(25-10)19(3,21)22)27-15-7-16(26-11(2)29)24-9-13(15)14-5-4-12(20)8-23-14/h4-9H,1-3H3,(H2,24,25,26,27,28,29). The molecule has 3 rings (SSSR count). The summed E-state index contributed by atoms with van der Waals surface area (Å²) in [7, 11) is 0. The molecule has 3 aromatic heterocycles. The van der Waals surface area contributed by atoms with E-state index in [4.69, 9.17) is 0 Å². The van der Waals surface area contributed by atoms with Crippen molar-refractivity contribution in [3.63, 3.8) is 0 Å². The molecule has 0 saturated heterocycles. The van der Waals surface area contributed by atoms with Gasteiger partial charge in [0.05, 0.1) is 17.6 Å². The van der Waals surface area contributed by atoms with Crippen LogP contribution in [0, 0.1) is 12.7 Å². The Labute approximate surface area is 164 Å². The van der Waals surface area contributed by atoms with Crippen molar-refractivity contribution in [3.8, 4) is 11.3 Å². The van der Waals surface area contributed by atoms with Crippen LogP contribution in [0.3, 0.4) is 0 Å². The lowest BCUT2D eigenvalue weighted by Crippen LogP contribution is -2.14. The van der Waals surface area contributed by atoms with Gasteiger partial charge >= 0.3 is 5.92 Å². The van der Waals surface area contributed by atoms with E-state index in [-0.39, 0.29) is 17.5 Å². The van der Waals surface area contributed by atoms with Crippen LogP contribution in [0.25, 0.3) is 11.3 Å². The van der Waals surface area contributed by atoms with Crippen LogP contribution in [0.2, 0.25) is 0 Å². The van der Waals surface area contributed by atoms with Crippen molar-refractivity contribution in [2.45, 2.75) is 26.7 Å². The van der Waals surface area contributed by atoms with E-state index >= 15 is 0 Å². The number of pyridine rings is 2. The average molecular weight is 402 g/mol. The first-order valence-corrected chi connectivity index (χ1v) is 8.52. The number of carbonyl (C=O) groups is 1. The Bertz CT molecular complexity index is 1050. The van der Waals surface area contributed by atoms with E-state index in [2.05, 4.69) is 30.6 Å². The molecule has 0 atom stereocenters. The molecule has 0 saturated carbocycles. The number of amides is 1. The molecule has 150 valence electrons. The van der Waals surface area contributed by atoms with E-state index in [0.717, 1.165) is 6.20 Å². The smallest absolute Gasteiger partial charge is 0.303 e. The maximum atomic E-state index is 13.7. The molecule has 0 bridgehead atoms. The molecule has 1 amide bonds. The van der Waals surface area contributed by atoms with E-state index in [1.54, 1.807) is 6.92 Å². The van der Waals surface area contributed by atoms with Gasteiger partial charge in [-0.25, -0.2) is 19.3 Å². The van der Waals surface area contributed by atoms with Crippen molar-refractivity contribution in [3.05, 3.63) is 54.0 Å². The summed E-state index contributed by atoms with van der Waals surface area (Å²) in [5.74, 6) is -4.33. The molecule has 7 nitrogen and oxygen atoms in total.